The molecule has 16 heteroatoms. The molecule has 1 aliphatic heterocycles. The molecular formula is C53H73N4O11P. The lowest BCUT2D eigenvalue weighted by molar-refractivity contribution is -0.266. The van der Waals surface area contributed by atoms with E-state index in [-0.39, 0.29) is 76.8 Å². The smallest absolute Gasteiger partial charge is 0.407 e. The fourth-order valence-corrected chi connectivity index (χ4v) is 9.99. The quantitative estimate of drug-likeness (QED) is 0.0242. The second-order valence-electron chi connectivity index (χ2n) is 17.5. The molecule has 15 nitrogen and oxygen atoms in total. The highest BCUT2D eigenvalue weighted by Gasteiger charge is 2.46. The highest BCUT2D eigenvalue weighted by atomic mass is 31.2. The second kappa shape index (κ2) is 28.1. The van der Waals surface area contributed by atoms with E-state index < -0.39 is 44.8 Å². The van der Waals surface area contributed by atoms with Crippen LogP contribution in [0.4, 0.5) is 4.79 Å². The number of carbonyl (C=O) groups is 1. The predicted octanol–water partition coefficient (Wildman–Crippen LogP) is 9.37. The Labute approximate surface area is 411 Å². The van der Waals surface area contributed by atoms with Gasteiger partial charge in [-0.15, -0.1) is 0 Å². The molecule has 0 aromatic heterocycles. The van der Waals surface area contributed by atoms with Gasteiger partial charge in [-0.25, -0.2) is 16.0 Å². The van der Waals surface area contributed by atoms with E-state index in [1.165, 1.54) is 0 Å². The summed E-state index contributed by atoms with van der Waals surface area (Å²) in [4.78, 5) is 16.6. The Balaban J connectivity index is 1.39. The van der Waals surface area contributed by atoms with Gasteiger partial charge in [-0.3, -0.25) is 0 Å². The number of hydrogen-bond donors (Lipinski definition) is 2. The van der Waals surface area contributed by atoms with Crippen LogP contribution in [0.5, 0.6) is 17.2 Å². The van der Waals surface area contributed by atoms with Crippen molar-refractivity contribution >= 4 is 14.6 Å². The molecule has 4 aromatic rings. The largest absolute Gasteiger partial charge is 0.497 e. The minimum Gasteiger partial charge on any atom is -0.497 e. The van der Waals surface area contributed by atoms with E-state index in [9.17, 15) is 4.79 Å². The van der Waals surface area contributed by atoms with E-state index in [1.807, 2.05) is 97.9 Å². The zero-order valence-corrected chi connectivity index (χ0v) is 42.8. The van der Waals surface area contributed by atoms with Crippen molar-refractivity contribution in [3.8, 4) is 17.2 Å². The van der Waals surface area contributed by atoms with Crippen LogP contribution in [0.1, 0.15) is 70.7 Å². The molecule has 1 aliphatic rings. The first-order valence-electron chi connectivity index (χ1n) is 23.7. The molecule has 0 saturated carbocycles. The number of hydrogen-bond acceptors (Lipinski definition) is 13. The lowest BCUT2D eigenvalue weighted by atomic mass is 9.80. The molecule has 4 aromatic carbocycles. The van der Waals surface area contributed by atoms with Crippen molar-refractivity contribution < 1.29 is 51.7 Å². The summed E-state index contributed by atoms with van der Waals surface area (Å²) >= 11 is 0. The van der Waals surface area contributed by atoms with Crippen molar-refractivity contribution in [1.29, 1.82) is 0 Å². The summed E-state index contributed by atoms with van der Waals surface area (Å²) in [6, 6.07) is 33.2. The van der Waals surface area contributed by atoms with Gasteiger partial charge in [0, 0.05) is 30.6 Å². The number of rotatable bonds is 28. The first-order valence-corrected chi connectivity index (χ1v) is 24.8. The highest BCUT2D eigenvalue weighted by Crippen LogP contribution is 2.46. The lowest BCUT2D eigenvalue weighted by Crippen LogP contribution is -2.63. The number of ether oxygens (including phenoxy) is 8. The van der Waals surface area contributed by atoms with Crippen LogP contribution in [-0.2, 0) is 44.9 Å². The molecule has 5 rings (SSSR count). The molecule has 1 saturated heterocycles. The summed E-state index contributed by atoms with van der Waals surface area (Å²) in [6.07, 6.45) is -2.51. The Morgan fingerprint density at radius 3 is 1.91 bits per heavy atom. The van der Waals surface area contributed by atoms with Gasteiger partial charge in [0.25, 0.3) is 8.53 Å². The molecule has 0 aliphatic carbocycles. The Kier molecular flexibility index (Phi) is 22.4. The summed E-state index contributed by atoms with van der Waals surface area (Å²) in [6.45, 7) is 23.3. The van der Waals surface area contributed by atoms with Crippen LogP contribution in [0.2, 0.25) is 0 Å². The van der Waals surface area contributed by atoms with Crippen LogP contribution in [0, 0.1) is 12.5 Å². The molecule has 6 unspecified atom stereocenters. The Bertz CT molecular complexity index is 2090. The van der Waals surface area contributed by atoms with Gasteiger partial charge in [-0.05, 0) is 86.3 Å². The van der Waals surface area contributed by atoms with Crippen LogP contribution in [0.25, 0.3) is 4.85 Å². The minimum atomic E-state index is -1.46. The number of amides is 1. The van der Waals surface area contributed by atoms with Crippen molar-refractivity contribution in [3.05, 3.63) is 137 Å². The van der Waals surface area contributed by atoms with Crippen molar-refractivity contribution in [3.63, 3.8) is 0 Å². The van der Waals surface area contributed by atoms with Gasteiger partial charge in [0.05, 0.1) is 66.0 Å². The van der Waals surface area contributed by atoms with Crippen LogP contribution in [0.3, 0.4) is 0 Å². The highest BCUT2D eigenvalue weighted by molar-refractivity contribution is 7.44. The van der Waals surface area contributed by atoms with E-state index in [0.29, 0.717) is 5.75 Å². The van der Waals surface area contributed by atoms with Gasteiger partial charge < -0.3 is 62.4 Å². The average molecular weight is 973 g/mol. The van der Waals surface area contributed by atoms with Gasteiger partial charge >= 0.3 is 6.09 Å². The first kappa shape index (κ1) is 55.1. The molecule has 6 atom stereocenters. The zero-order chi connectivity index (χ0) is 49.8. The van der Waals surface area contributed by atoms with Gasteiger partial charge in [0.15, 0.2) is 6.29 Å². The van der Waals surface area contributed by atoms with E-state index in [4.69, 9.17) is 53.5 Å². The summed E-state index contributed by atoms with van der Waals surface area (Å²) in [5.74, 6) is 1.87. The standard InChI is InChI=1S/C53H73N4O11P/c1-37(2)56-49-50(62-31-33-67-69(66-29-28-54-8)57(38(3)4)39(5)6)40(7)48(36-64-52(58)55-35-41-16-15-19-47(34-41)61-11)68-51(49)63-30-32-65-53(42-17-13-12-14-18-42,43-20-24-45(59-9)25-21-43)44-22-26-46(60-10)27-23-44/h12-27,34,37-40,48-51,56H,28-33,35-36H2,1-7,9-11H3,(H,55,58). The van der Waals surface area contributed by atoms with Crippen molar-refractivity contribution in [2.75, 3.05) is 67.5 Å². The number of carbonyl (C=O) groups excluding carboxylic acids is 1. The topological polar surface area (TPSA) is 141 Å². The van der Waals surface area contributed by atoms with E-state index in [0.717, 1.165) is 33.8 Å². The first-order chi connectivity index (χ1) is 33.3. The summed E-state index contributed by atoms with van der Waals surface area (Å²) in [7, 11) is 3.43. The SMILES string of the molecule is [C-]#[N+]CCOP(OCCOC1C(C)C(COC(=O)NCc2cccc(OC)c2)OC(OCCOC(c2ccccc2)(c2ccc(OC)cc2)c2ccc(OC)cc2)C1NC(C)C)N(C(C)C)C(C)C. The van der Waals surface area contributed by atoms with Crippen molar-refractivity contribution in [2.45, 2.75) is 103 Å². The van der Waals surface area contributed by atoms with Crippen molar-refractivity contribution in [2.24, 2.45) is 5.92 Å². The molecular weight excluding hydrogens is 900 g/mol. The summed E-state index contributed by atoms with van der Waals surface area (Å²) in [5.41, 5.74) is 2.52. The minimum absolute atomic E-state index is 0.0240. The molecule has 0 radical (unpaired) electrons. The Hall–Kier alpha value is -4.85. The van der Waals surface area contributed by atoms with E-state index in [1.54, 1.807) is 21.3 Å². The zero-order valence-electron chi connectivity index (χ0n) is 41.9. The van der Waals surface area contributed by atoms with Gasteiger partial charge in [0.2, 0.25) is 6.54 Å². The molecule has 2 N–H and O–H groups in total. The molecule has 376 valence electrons. The molecule has 0 spiro atoms. The number of benzene rings is 4. The monoisotopic (exact) mass is 973 g/mol. The van der Waals surface area contributed by atoms with E-state index >= 15 is 0 Å². The van der Waals surface area contributed by atoms with Gasteiger partial charge in [-0.2, -0.15) is 0 Å². The van der Waals surface area contributed by atoms with Crippen LogP contribution < -0.4 is 24.8 Å². The van der Waals surface area contributed by atoms with Gasteiger partial charge in [0.1, 0.15) is 36.1 Å². The average Bonchev–Trinajstić information content (AvgIpc) is 3.35. The predicted molar refractivity (Wildman–Crippen MR) is 267 cm³/mol. The van der Waals surface area contributed by atoms with Crippen LogP contribution >= 0.6 is 8.53 Å². The number of nitrogens with zero attached hydrogens (tertiary/aromatic N) is 2. The van der Waals surface area contributed by atoms with Crippen LogP contribution in [-0.4, -0.2) is 121 Å². The third kappa shape index (κ3) is 15.6. The molecule has 0 bridgehead atoms. The third-order valence-electron chi connectivity index (χ3n) is 11.6. The molecule has 1 fully saturated rings. The summed E-state index contributed by atoms with van der Waals surface area (Å²) < 4.78 is 64.4. The maximum absolute atomic E-state index is 13.2. The fourth-order valence-electron chi connectivity index (χ4n) is 8.43. The third-order valence-corrected chi connectivity index (χ3v) is 13.7. The molecule has 1 heterocycles. The molecule has 1 amide bonds. The fraction of sp³-hybridized carbons (Fsp3) is 0.509. The Morgan fingerprint density at radius 2 is 1.33 bits per heavy atom. The lowest BCUT2D eigenvalue weighted by Gasteiger charge is -2.46. The Morgan fingerprint density at radius 1 is 0.739 bits per heavy atom. The maximum atomic E-state index is 13.2. The number of nitrogens with one attached hydrogen (secondary N) is 2. The number of alkyl carbamates (subject to hydrolysis) is 1. The van der Waals surface area contributed by atoms with Crippen LogP contribution in [0.15, 0.2) is 103 Å². The van der Waals surface area contributed by atoms with E-state index in [2.05, 4.69) is 73.8 Å². The normalized spacial score (nSPS) is 18.8. The number of methoxy groups -OCH3 is 3. The summed E-state index contributed by atoms with van der Waals surface area (Å²) in [5, 5.41) is 6.51. The molecule has 69 heavy (non-hydrogen) atoms. The second-order valence-corrected chi connectivity index (χ2v) is 18.9. The maximum Gasteiger partial charge on any atom is 0.407 e. The van der Waals surface area contributed by atoms with Gasteiger partial charge in [-0.1, -0.05) is 87.5 Å². The van der Waals surface area contributed by atoms with Crippen molar-refractivity contribution in [1.82, 2.24) is 15.3 Å².